The third-order valence-electron chi connectivity index (χ3n) is 3.96. The van der Waals surface area contributed by atoms with E-state index in [-0.39, 0.29) is 34.5 Å². The monoisotopic (exact) mass is 371 g/mol. The van der Waals surface area contributed by atoms with Crippen molar-refractivity contribution < 1.29 is 19.4 Å². The minimum atomic E-state index is -0.357. The van der Waals surface area contributed by atoms with E-state index in [1.807, 2.05) is 12.1 Å². The third kappa shape index (κ3) is 1.91. The molecule has 0 saturated heterocycles. The van der Waals surface area contributed by atoms with E-state index in [0.29, 0.717) is 11.1 Å². The molecule has 2 aromatic rings. The second-order valence-electron chi connectivity index (χ2n) is 5.34. The van der Waals surface area contributed by atoms with Gasteiger partial charge in [-0.2, -0.15) is 0 Å². The highest BCUT2D eigenvalue weighted by Gasteiger charge is 2.39. The van der Waals surface area contributed by atoms with Crippen LogP contribution >= 0.6 is 15.9 Å². The van der Waals surface area contributed by atoms with E-state index in [1.54, 1.807) is 13.1 Å². The van der Waals surface area contributed by atoms with Crippen molar-refractivity contribution in [1.29, 1.82) is 0 Å². The van der Waals surface area contributed by atoms with E-state index in [1.165, 1.54) is 23.1 Å². The lowest BCUT2D eigenvalue weighted by atomic mass is 10.0. The van der Waals surface area contributed by atoms with E-state index in [2.05, 4.69) is 15.9 Å². The number of benzene rings is 2. The van der Waals surface area contributed by atoms with Crippen LogP contribution in [0.5, 0.6) is 11.5 Å². The number of phenols is 1. The standard InChI is InChI=1S/C17H10BrNO4/c1-19-12-5-2-8(18)6-11(12)14(17(19)22)16-15(21)10-4-3-9(20)7-13(10)23-16/h2-7,20H,1H3. The summed E-state index contributed by atoms with van der Waals surface area (Å²) in [6.07, 6.45) is 0. The van der Waals surface area contributed by atoms with Crippen molar-refractivity contribution in [3.8, 4) is 11.5 Å². The Morgan fingerprint density at radius 3 is 2.65 bits per heavy atom. The summed E-state index contributed by atoms with van der Waals surface area (Å²) in [6, 6.07) is 9.71. The highest BCUT2D eigenvalue weighted by atomic mass is 79.9. The number of ketones is 1. The zero-order chi connectivity index (χ0) is 16.3. The minimum absolute atomic E-state index is 0.000648. The zero-order valence-corrected chi connectivity index (χ0v) is 13.5. The van der Waals surface area contributed by atoms with E-state index in [0.717, 1.165) is 10.2 Å². The van der Waals surface area contributed by atoms with Crippen LogP contribution in [-0.2, 0) is 4.79 Å². The molecule has 2 aromatic carbocycles. The number of Topliss-reactive ketones (excluding diaryl/α,β-unsaturated/α-hetero) is 1. The van der Waals surface area contributed by atoms with E-state index in [9.17, 15) is 14.7 Å². The first-order valence-corrected chi connectivity index (χ1v) is 7.64. The number of ether oxygens (including phenoxy) is 1. The highest BCUT2D eigenvalue weighted by molar-refractivity contribution is 9.10. The van der Waals surface area contributed by atoms with Crippen LogP contribution in [0.1, 0.15) is 15.9 Å². The van der Waals surface area contributed by atoms with Crippen LogP contribution in [0.25, 0.3) is 5.57 Å². The van der Waals surface area contributed by atoms with Crippen LogP contribution in [0.2, 0.25) is 0 Å². The van der Waals surface area contributed by atoms with Gasteiger partial charge in [-0.05, 0) is 30.3 Å². The van der Waals surface area contributed by atoms with Gasteiger partial charge in [0, 0.05) is 23.2 Å². The Bertz CT molecular complexity index is 932. The SMILES string of the molecule is CN1C(=O)C(=C2Oc3cc(O)ccc3C2=O)c2cc(Br)ccc21. The van der Waals surface area contributed by atoms with Gasteiger partial charge < -0.3 is 14.7 Å². The molecule has 2 aliphatic rings. The maximum Gasteiger partial charge on any atom is 0.262 e. The smallest absolute Gasteiger partial charge is 0.262 e. The van der Waals surface area contributed by atoms with Gasteiger partial charge in [0.15, 0.2) is 5.76 Å². The molecule has 1 N–H and O–H groups in total. The Labute approximate surface area is 139 Å². The lowest BCUT2D eigenvalue weighted by Gasteiger charge is -2.08. The molecule has 1 amide bonds. The number of nitrogens with zero attached hydrogens (tertiary/aromatic N) is 1. The summed E-state index contributed by atoms with van der Waals surface area (Å²) >= 11 is 3.38. The first-order valence-electron chi connectivity index (χ1n) is 6.85. The summed E-state index contributed by atoms with van der Waals surface area (Å²) in [5.74, 6) is -0.389. The second-order valence-corrected chi connectivity index (χ2v) is 6.26. The van der Waals surface area contributed by atoms with Crippen molar-refractivity contribution in [3.63, 3.8) is 0 Å². The summed E-state index contributed by atoms with van der Waals surface area (Å²) < 4.78 is 6.41. The predicted molar refractivity (Wildman–Crippen MR) is 87.5 cm³/mol. The molecule has 0 bridgehead atoms. The van der Waals surface area contributed by atoms with Gasteiger partial charge in [-0.1, -0.05) is 15.9 Å². The molecule has 2 heterocycles. The number of carbonyl (C=O) groups excluding carboxylic acids is 2. The second kappa shape index (κ2) is 4.70. The summed E-state index contributed by atoms with van der Waals surface area (Å²) in [4.78, 5) is 26.7. The maximum atomic E-state index is 12.6. The fraction of sp³-hybridized carbons (Fsp3) is 0.0588. The van der Waals surface area contributed by atoms with Crippen LogP contribution in [0.15, 0.2) is 46.6 Å². The number of anilines is 1. The number of halogens is 1. The number of rotatable bonds is 0. The van der Waals surface area contributed by atoms with Crippen molar-refractivity contribution in [1.82, 2.24) is 0 Å². The van der Waals surface area contributed by atoms with Crippen molar-refractivity contribution in [2.45, 2.75) is 0 Å². The van der Waals surface area contributed by atoms with Crippen molar-refractivity contribution in [2.75, 3.05) is 11.9 Å². The fourth-order valence-electron chi connectivity index (χ4n) is 2.84. The number of allylic oxidation sites excluding steroid dienone is 1. The van der Waals surface area contributed by atoms with Gasteiger partial charge >= 0.3 is 0 Å². The number of fused-ring (bicyclic) bond motifs is 2. The van der Waals surface area contributed by atoms with Crippen LogP contribution in [0, 0.1) is 0 Å². The van der Waals surface area contributed by atoms with Gasteiger partial charge in [-0.3, -0.25) is 9.59 Å². The lowest BCUT2D eigenvalue weighted by molar-refractivity contribution is -0.112. The first kappa shape index (κ1) is 14.0. The van der Waals surface area contributed by atoms with Crippen LogP contribution < -0.4 is 9.64 Å². The van der Waals surface area contributed by atoms with Gasteiger partial charge in [0.25, 0.3) is 5.91 Å². The van der Waals surface area contributed by atoms with Gasteiger partial charge in [0.2, 0.25) is 5.78 Å². The van der Waals surface area contributed by atoms with E-state index >= 15 is 0 Å². The van der Waals surface area contributed by atoms with Crippen LogP contribution in [-0.4, -0.2) is 23.8 Å². The van der Waals surface area contributed by atoms with Crippen molar-refractivity contribution in [2.24, 2.45) is 0 Å². The molecule has 0 fully saturated rings. The Morgan fingerprint density at radius 1 is 1.09 bits per heavy atom. The molecule has 0 radical (unpaired) electrons. The molecule has 23 heavy (non-hydrogen) atoms. The molecule has 2 aliphatic heterocycles. The summed E-state index contributed by atoms with van der Waals surface area (Å²) in [7, 11) is 1.65. The normalized spacial score (nSPS) is 19.0. The van der Waals surface area contributed by atoms with Gasteiger partial charge in [-0.25, -0.2) is 0 Å². The molecular weight excluding hydrogens is 362 g/mol. The Balaban J connectivity index is 1.95. The molecule has 6 heteroatoms. The summed E-state index contributed by atoms with van der Waals surface area (Å²) in [5, 5.41) is 9.53. The number of likely N-dealkylation sites (N-methyl/N-ethyl adjacent to an activating group) is 1. The molecule has 0 aliphatic carbocycles. The average molecular weight is 372 g/mol. The number of amides is 1. The molecule has 0 saturated carbocycles. The molecule has 4 rings (SSSR count). The van der Waals surface area contributed by atoms with Gasteiger partial charge in [0.05, 0.1) is 16.8 Å². The highest BCUT2D eigenvalue weighted by Crippen LogP contribution is 2.43. The molecular formula is C17H10BrNO4. The largest absolute Gasteiger partial charge is 0.508 e. The summed E-state index contributed by atoms with van der Waals surface area (Å²) in [6.45, 7) is 0. The molecule has 0 atom stereocenters. The molecule has 0 aromatic heterocycles. The quantitative estimate of drug-likeness (QED) is 0.722. The maximum absolute atomic E-state index is 12.6. The molecule has 114 valence electrons. The third-order valence-corrected chi connectivity index (χ3v) is 4.46. The van der Waals surface area contributed by atoms with Crippen molar-refractivity contribution in [3.05, 3.63) is 57.8 Å². The Morgan fingerprint density at radius 2 is 1.87 bits per heavy atom. The number of hydrogen-bond donors (Lipinski definition) is 1. The van der Waals surface area contributed by atoms with Crippen LogP contribution in [0.3, 0.4) is 0 Å². The molecule has 0 spiro atoms. The number of aromatic hydroxyl groups is 1. The number of carbonyl (C=O) groups is 2. The van der Waals surface area contributed by atoms with E-state index < -0.39 is 0 Å². The lowest BCUT2D eigenvalue weighted by Crippen LogP contribution is -2.22. The van der Waals surface area contributed by atoms with Gasteiger partial charge in [-0.15, -0.1) is 0 Å². The van der Waals surface area contributed by atoms with Crippen LogP contribution in [0.4, 0.5) is 5.69 Å². The first-order chi connectivity index (χ1) is 11.0. The average Bonchev–Trinajstić information content (AvgIpc) is 2.94. The van der Waals surface area contributed by atoms with Crippen molar-refractivity contribution >= 4 is 38.9 Å². The molecule has 0 unspecified atom stereocenters. The minimum Gasteiger partial charge on any atom is -0.508 e. The topological polar surface area (TPSA) is 66.8 Å². The Hall–Kier alpha value is -2.60. The summed E-state index contributed by atoms with van der Waals surface area (Å²) in [5.41, 5.74) is 1.94. The Kier molecular flexibility index (Phi) is 2.86. The predicted octanol–water partition coefficient (Wildman–Crippen LogP) is 3.12. The molecule has 5 nitrogen and oxygen atoms in total. The zero-order valence-electron chi connectivity index (χ0n) is 12.0. The number of hydrogen-bond acceptors (Lipinski definition) is 4. The van der Waals surface area contributed by atoms with Gasteiger partial charge in [0.1, 0.15) is 11.5 Å². The van der Waals surface area contributed by atoms with E-state index in [4.69, 9.17) is 4.74 Å². The number of phenolic OH excluding ortho intramolecular Hbond substituents is 1. The fourth-order valence-corrected chi connectivity index (χ4v) is 3.20.